The second kappa shape index (κ2) is 12.3. The predicted molar refractivity (Wildman–Crippen MR) is 236 cm³/mol. The fraction of sp³-hybridized carbons (Fsp3) is 0.0182. The Kier molecular flexibility index (Phi) is 6.88. The van der Waals surface area contributed by atoms with E-state index >= 15 is 0 Å². The summed E-state index contributed by atoms with van der Waals surface area (Å²) in [6.45, 7) is 0. The summed E-state index contributed by atoms with van der Waals surface area (Å²) in [6.07, 6.45) is 0. The summed E-state index contributed by atoms with van der Waals surface area (Å²) in [5, 5.41) is 7.35. The highest BCUT2D eigenvalue weighted by molar-refractivity contribution is 6.05. The van der Waals surface area contributed by atoms with Crippen LogP contribution in [0.15, 0.2) is 212 Å². The number of hydrogen-bond donors (Lipinski definition) is 0. The first-order valence-electron chi connectivity index (χ1n) is 19.7. The maximum Gasteiger partial charge on any atom is 0.134 e. The van der Waals surface area contributed by atoms with E-state index in [0.29, 0.717) is 0 Å². The minimum atomic E-state index is -0.583. The Hall–Kier alpha value is -7.42. The Balaban J connectivity index is 1.09. The van der Waals surface area contributed by atoms with Crippen LogP contribution in [0.3, 0.4) is 0 Å². The van der Waals surface area contributed by atoms with Gasteiger partial charge < -0.3 is 9.64 Å². The average Bonchev–Trinajstić information content (AvgIpc) is 3.28. The van der Waals surface area contributed by atoms with Gasteiger partial charge in [0.1, 0.15) is 11.5 Å². The lowest BCUT2D eigenvalue weighted by atomic mass is 9.58. The van der Waals surface area contributed by atoms with E-state index in [1.807, 2.05) is 0 Å². The summed E-state index contributed by atoms with van der Waals surface area (Å²) in [4.78, 5) is 2.37. The number of rotatable bonds is 4. The van der Waals surface area contributed by atoms with Crippen molar-refractivity contribution in [1.82, 2.24) is 0 Å². The zero-order valence-electron chi connectivity index (χ0n) is 31.1. The lowest BCUT2D eigenvalue weighted by molar-refractivity contribution is 0.435. The van der Waals surface area contributed by atoms with Gasteiger partial charge >= 0.3 is 0 Å². The van der Waals surface area contributed by atoms with Gasteiger partial charge in [-0.05, 0) is 108 Å². The van der Waals surface area contributed by atoms with Gasteiger partial charge in [0.15, 0.2) is 0 Å². The third-order valence-electron chi connectivity index (χ3n) is 12.2. The smallest absolute Gasteiger partial charge is 0.134 e. The molecule has 0 fully saturated rings. The molecule has 0 N–H and O–H groups in total. The van der Waals surface area contributed by atoms with Gasteiger partial charge in [0.25, 0.3) is 0 Å². The molecule has 2 aliphatic rings. The molecule has 1 spiro atoms. The molecule has 10 aromatic carbocycles. The molecule has 0 bridgehead atoms. The van der Waals surface area contributed by atoms with Crippen LogP contribution >= 0.6 is 0 Å². The van der Waals surface area contributed by atoms with Crippen LogP contribution in [0.5, 0.6) is 11.5 Å². The summed E-state index contributed by atoms with van der Waals surface area (Å²) in [7, 11) is 0. The molecule has 57 heavy (non-hydrogen) atoms. The quantitative estimate of drug-likeness (QED) is 0.179. The molecule has 0 amide bonds. The van der Waals surface area contributed by atoms with Crippen LogP contribution in [0.25, 0.3) is 54.6 Å². The first kappa shape index (κ1) is 31.9. The summed E-state index contributed by atoms with van der Waals surface area (Å²) in [5.74, 6) is 1.74. The molecule has 2 nitrogen and oxygen atoms in total. The van der Waals surface area contributed by atoms with E-state index in [2.05, 4.69) is 217 Å². The van der Waals surface area contributed by atoms with Gasteiger partial charge in [-0.1, -0.05) is 164 Å². The van der Waals surface area contributed by atoms with Gasteiger partial charge in [-0.15, -0.1) is 0 Å². The lowest BCUT2D eigenvalue weighted by Gasteiger charge is -2.45. The maximum absolute atomic E-state index is 7.04. The molecule has 1 aliphatic carbocycles. The van der Waals surface area contributed by atoms with Crippen molar-refractivity contribution in [2.24, 2.45) is 0 Å². The molecule has 0 radical (unpaired) electrons. The Morgan fingerprint density at radius 1 is 0.316 bits per heavy atom. The van der Waals surface area contributed by atoms with Gasteiger partial charge in [0.05, 0.1) is 5.41 Å². The predicted octanol–water partition coefficient (Wildman–Crippen LogP) is 14.8. The minimum Gasteiger partial charge on any atom is -0.457 e. The van der Waals surface area contributed by atoms with E-state index in [1.54, 1.807) is 0 Å². The van der Waals surface area contributed by atoms with E-state index in [-0.39, 0.29) is 0 Å². The molecule has 1 heterocycles. The highest BCUT2D eigenvalue weighted by Gasteiger charge is 2.49. The molecule has 0 saturated carbocycles. The number of ether oxygens (including phenoxy) is 1. The monoisotopic (exact) mass is 725 g/mol. The van der Waals surface area contributed by atoms with Crippen LogP contribution in [-0.4, -0.2) is 0 Å². The van der Waals surface area contributed by atoms with E-state index in [1.165, 1.54) is 65.7 Å². The summed E-state index contributed by atoms with van der Waals surface area (Å²) in [6, 6.07) is 77.5. The zero-order valence-corrected chi connectivity index (χ0v) is 31.1. The molecule has 1 unspecified atom stereocenters. The number of para-hydroxylation sites is 1. The summed E-state index contributed by atoms with van der Waals surface area (Å²) in [5.41, 5.74) is 12.5. The van der Waals surface area contributed by atoms with Crippen molar-refractivity contribution < 1.29 is 4.74 Å². The zero-order chi connectivity index (χ0) is 37.5. The molecule has 1 atom stereocenters. The molecule has 12 rings (SSSR count). The first-order valence-corrected chi connectivity index (χ1v) is 19.7. The number of nitrogens with zero attached hydrogens (tertiary/aromatic N) is 1. The number of benzene rings is 10. The second-order valence-corrected chi connectivity index (χ2v) is 15.3. The summed E-state index contributed by atoms with van der Waals surface area (Å²) >= 11 is 0. The molecule has 2 heteroatoms. The van der Waals surface area contributed by atoms with Gasteiger partial charge in [-0.25, -0.2) is 0 Å². The van der Waals surface area contributed by atoms with Crippen LogP contribution in [0.2, 0.25) is 0 Å². The van der Waals surface area contributed by atoms with Gasteiger partial charge in [-0.3, -0.25) is 0 Å². The average molecular weight is 726 g/mol. The largest absolute Gasteiger partial charge is 0.457 e. The van der Waals surface area contributed by atoms with E-state index < -0.39 is 5.41 Å². The fourth-order valence-corrected chi connectivity index (χ4v) is 9.77. The molecule has 10 aromatic rings. The van der Waals surface area contributed by atoms with Crippen molar-refractivity contribution in [3.05, 3.63) is 235 Å². The highest BCUT2D eigenvalue weighted by Crippen LogP contribution is 2.61. The topological polar surface area (TPSA) is 12.5 Å². The van der Waals surface area contributed by atoms with Crippen molar-refractivity contribution in [1.29, 1.82) is 0 Å². The van der Waals surface area contributed by atoms with Gasteiger partial charge in [0, 0.05) is 34.3 Å². The minimum absolute atomic E-state index is 0.583. The normalized spacial score (nSPS) is 14.9. The third kappa shape index (κ3) is 4.71. The van der Waals surface area contributed by atoms with E-state index in [4.69, 9.17) is 4.74 Å². The van der Waals surface area contributed by atoms with Gasteiger partial charge in [-0.2, -0.15) is 0 Å². The van der Waals surface area contributed by atoms with E-state index in [0.717, 1.165) is 39.7 Å². The first-order chi connectivity index (χ1) is 28.2. The molecule has 1 aliphatic heterocycles. The van der Waals surface area contributed by atoms with Crippen LogP contribution in [-0.2, 0) is 5.41 Å². The van der Waals surface area contributed by atoms with Gasteiger partial charge in [0.2, 0.25) is 0 Å². The van der Waals surface area contributed by atoms with Crippen LogP contribution in [0, 0.1) is 0 Å². The van der Waals surface area contributed by atoms with Crippen LogP contribution < -0.4 is 9.64 Å². The van der Waals surface area contributed by atoms with E-state index in [9.17, 15) is 0 Å². The highest BCUT2D eigenvalue weighted by atomic mass is 16.5. The number of hydrogen-bond acceptors (Lipinski definition) is 2. The van der Waals surface area contributed by atoms with Crippen LogP contribution in [0.1, 0.15) is 22.3 Å². The van der Waals surface area contributed by atoms with Crippen LogP contribution in [0.4, 0.5) is 17.1 Å². The Labute approximate surface area is 331 Å². The van der Waals surface area contributed by atoms with Crippen molar-refractivity contribution in [2.75, 3.05) is 4.90 Å². The van der Waals surface area contributed by atoms with Crippen molar-refractivity contribution in [3.63, 3.8) is 0 Å². The maximum atomic E-state index is 7.04. The molecular formula is C55H35NO. The molecule has 0 aromatic heterocycles. The number of fused-ring (bicyclic) bond motifs is 10. The standard InChI is InChI=1S/C55H35NO/c1-2-12-36(13-3-1)40-24-25-42-34-44(29-27-41(42)32-40)56(43-28-26-37-14-4-5-15-39(37)33-43)45-30-31-50-53(35-45)57-52-23-9-8-21-49(52)55(50)48-20-7-6-18-46(48)47-19-10-16-38-17-11-22-51(55)54(38)47/h1-35H. The fourth-order valence-electron chi connectivity index (χ4n) is 9.77. The lowest BCUT2D eigenvalue weighted by Crippen LogP contribution is -2.36. The Morgan fingerprint density at radius 2 is 0.877 bits per heavy atom. The molecule has 266 valence electrons. The molecular weight excluding hydrogens is 691 g/mol. The number of anilines is 3. The Morgan fingerprint density at radius 3 is 1.74 bits per heavy atom. The molecule has 0 saturated heterocycles. The SMILES string of the molecule is c1ccc(-c2ccc3cc(N(c4ccc5c(c4)Oc4ccccc4C54c5ccccc5-c5cccc6cccc4c56)c4ccc5ccccc5c4)ccc3c2)cc1. The van der Waals surface area contributed by atoms with Crippen molar-refractivity contribution in [2.45, 2.75) is 5.41 Å². The summed E-state index contributed by atoms with van der Waals surface area (Å²) < 4.78 is 7.04. The van der Waals surface area contributed by atoms with Crippen molar-refractivity contribution >= 4 is 49.4 Å². The Bertz CT molecular complexity index is 3230. The van der Waals surface area contributed by atoms with Crippen molar-refractivity contribution in [3.8, 4) is 33.8 Å². The second-order valence-electron chi connectivity index (χ2n) is 15.3. The third-order valence-corrected chi connectivity index (χ3v) is 12.2.